The van der Waals surface area contributed by atoms with Crippen LogP contribution in [0.5, 0.6) is 11.5 Å². The van der Waals surface area contributed by atoms with Crippen LogP contribution in [-0.2, 0) is 4.79 Å². The second-order valence-corrected chi connectivity index (χ2v) is 4.03. The second-order valence-electron chi connectivity index (χ2n) is 4.03. The number of rotatable bonds is 2. The average molecular weight is 221 g/mol. The molecule has 1 N–H and O–H groups in total. The number of likely N-dealkylation sites (tertiary alicyclic amines) is 1. The Bertz CT molecular complexity index is 417. The average Bonchev–Trinajstić information content (AvgIpc) is 2.58. The standard InChI is InChI=1S/C12H15NO3/c1-13-6-5-9(14)12(13)8-3-4-11(16-2)10(15)7-8/h3-4,7,12,15H,5-6H2,1-2H3. The molecule has 1 saturated heterocycles. The molecular weight excluding hydrogens is 206 g/mol. The quantitative estimate of drug-likeness (QED) is 0.819. The Hall–Kier alpha value is -1.55. The maximum absolute atomic E-state index is 11.7. The van der Waals surface area contributed by atoms with Crippen molar-refractivity contribution in [3.05, 3.63) is 23.8 Å². The van der Waals surface area contributed by atoms with Crippen molar-refractivity contribution in [1.29, 1.82) is 0 Å². The Morgan fingerprint density at radius 1 is 1.50 bits per heavy atom. The van der Waals surface area contributed by atoms with Gasteiger partial charge in [0, 0.05) is 13.0 Å². The predicted molar refractivity (Wildman–Crippen MR) is 59.7 cm³/mol. The summed E-state index contributed by atoms with van der Waals surface area (Å²) in [5.74, 6) is 0.706. The van der Waals surface area contributed by atoms with E-state index in [-0.39, 0.29) is 17.6 Å². The highest BCUT2D eigenvalue weighted by Crippen LogP contribution is 2.33. The van der Waals surface area contributed by atoms with Gasteiger partial charge in [-0.1, -0.05) is 6.07 Å². The van der Waals surface area contributed by atoms with Crippen LogP contribution in [0.25, 0.3) is 0 Å². The van der Waals surface area contributed by atoms with E-state index in [1.165, 1.54) is 7.11 Å². The molecule has 1 atom stereocenters. The summed E-state index contributed by atoms with van der Waals surface area (Å²) in [5.41, 5.74) is 0.823. The number of ether oxygens (including phenoxy) is 1. The number of benzene rings is 1. The minimum absolute atomic E-state index is 0.0769. The van der Waals surface area contributed by atoms with Crippen LogP contribution in [0.4, 0.5) is 0 Å². The lowest BCUT2D eigenvalue weighted by Gasteiger charge is -2.18. The number of phenolic OH excluding ortho intramolecular Hbond substituents is 1. The number of ketones is 1. The highest BCUT2D eigenvalue weighted by atomic mass is 16.5. The van der Waals surface area contributed by atoms with E-state index in [4.69, 9.17) is 4.74 Å². The number of carbonyl (C=O) groups excluding carboxylic acids is 1. The summed E-state index contributed by atoms with van der Waals surface area (Å²) in [4.78, 5) is 13.7. The van der Waals surface area contributed by atoms with E-state index < -0.39 is 0 Å². The fraction of sp³-hybridized carbons (Fsp3) is 0.417. The fourth-order valence-corrected chi connectivity index (χ4v) is 2.12. The lowest BCUT2D eigenvalue weighted by Crippen LogP contribution is -2.20. The molecule has 2 rings (SSSR count). The van der Waals surface area contributed by atoms with Crippen LogP contribution in [0.3, 0.4) is 0 Å². The molecule has 1 aromatic carbocycles. The highest BCUT2D eigenvalue weighted by Gasteiger charge is 2.31. The SMILES string of the molecule is COc1ccc(C2C(=O)CCN2C)cc1O. The number of nitrogens with zero attached hydrogens (tertiary/aromatic N) is 1. The molecule has 1 fully saturated rings. The summed E-state index contributed by atoms with van der Waals surface area (Å²) >= 11 is 0. The summed E-state index contributed by atoms with van der Waals surface area (Å²) in [6, 6.07) is 4.88. The van der Waals surface area contributed by atoms with Crippen molar-refractivity contribution in [2.75, 3.05) is 20.7 Å². The minimum Gasteiger partial charge on any atom is -0.504 e. The molecule has 16 heavy (non-hydrogen) atoms. The second kappa shape index (κ2) is 4.14. The Morgan fingerprint density at radius 3 is 2.75 bits per heavy atom. The molecule has 0 radical (unpaired) electrons. The number of hydrogen-bond donors (Lipinski definition) is 1. The van der Waals surface area contributed by atoms with E-state index in [1.54, 1.807) is 12.1 Å². The number of methoxy groups -OCH3 is 1. The van der Waals surface area contributed by atoms with E-state index in [2.05, 4.69) is 0 Å². The molecular formula is C12H15NO3. The van der Waals surface area contributed by atoms with Crippen LogP contribution < -0.4 is 4.74 Å². The lowest BCUT2D eigenvalue weighted by molar-refractivity contribution is -0.119. The van der Waals surface area contributed by atoms with Crippen molar-refractivity contribution >= 4 is 5.78 Å². The number of hydrogen-bond acceptors (Lipinski definition) is 4. The molecule has 1 aliphatic heterocycles. The van der Waals surface area contributed by atoms with Gasteiger partial charge in [-0.3, -0.25) is 9.69 Å². The summed E-state index contributed by atoms with van der Waals surface area (Å²) in [6.45, 7) is 0.774. The molecule has 1 heterocycles. The van der Waals surface area contributed by atoms with Crippen molar-refractivity contribution < 1.29 is 14.6 Å². The fourth-order valence-electron chi connectivity index (χ4n) is 2.12. The molecule has 1 aromatic rings. The summed E-state index contributed by atoms with van der Waals surface area (Å²) in [6.07, 6.45) is 0.577. The molecule has 0 amide bonds. The number of carbonyl (C=O) groups is 1. The van der Waals surface area contributed by atoms with Gasteiger partial charge in [0.1, 0.15) is 0 Å². The smallest absolute Gasteiger partial charge is 0.160 e. The molecule has 0 bridgehead atoms. The highest BCUT2D eigenvalue weighted by molar-refractivity contribution is 5.87. The normalized spacial score (nSPS) is 21.4. The van der Waals surface area contributed by atoms with Crippen LogP contribution in [-0.4, -0.2) is 36.5 Å². The van der Waals surface area contributed by atoms with Crippen LogP contribution in [0.2, 0.25) is 0 Å². The van der Waals surface area contributed by atoms with Crippen molar-refractivity contribution in [2.45, 2.75) is 12.5 Å². The number of Topliss-reactive ketones (excluding diaryl/α,β-unsaturated/α-hetero) is 1. The Kier molecular flexibility index (Phi) is 2.83. The van der Waals surface area contributed by atoms with Crippen molar-refractivity contribution in [2.24, 2.45) is 0 Å². The number of aromatic hydroxyl groups is 1. The number of phenols is 1. The monoisotopic (exact) mass is 221 g/mol. The van der Waals surface area contributed by atoms with Crippen LogP contribution in [0, 0.1) is 0 Å². The Labute approximate surface area is 94.4 Å². The Balaban J connectivity index is 2.34. The zero-order chi connectivity index (χ0) is 11.7. The van der Waals surface area contributed by atoms with Crippen molar-refractivity contribution in [3.8, 4) is 11.5 Å². The first-order valence-corrected chi connectivity index (χ1v) is 5.23. The van der Waals surface area contributed by atoms with E-state index in [0.29, 0.717) is 12.2 Å². The van der Waals surface area contributed by atoms with Crippen LogP contribution in [0.1, 0.15) is 18.0 Å². The summed E-state index contributed by atoms with van der Waals surface area (Å²) in [7, 11) is 3.42. The van der Waals surface area contributed by atoms with Gasteiger partial charge >= 0.3 is 0 Å². The van der Waals surface area contributed by atoms with Gasteiger partial charge in [-0.25, -0.2) is 0 Å². The summed E-state index contributed by atoms with van der Waals surface area (Å²) < 4.78 is 4.97. The third-order valence-electron chi connectivity index (χ3n) is 2.98. The third-order valence-corrected chi connectivity index (χ3v) is 2.98. The van der Waals surface area contributed by atoms with E-state index >= 15 is 0 Å². The van der Waals surface area contributed by atoms with Gasteiger partial charge in [0.15, 0.2) is 17.3 Å². The van der Waals surface area contributed by atoms with Crippen LogP contribution in [0.15, 0.2) is 18.2 Å². The molecule has 1 unspecified atom stereocenters. The van der Waals surface area contributed by atoms with E-state index in [0.717, 1.165) is 12.1 Å². The molecule has 4 nitrogen and oxygen atoms in total. The van der Waals surface area contributed by atoms with Gasteiger partial charge in [-0.2, -0.15) is 0 Å². The number of likely N-dealkylation sites (N-methyl/N-ethyl adjacent to an activating group) is 1. The molecule has 1 aliphatic rings. The molecule has 4 heteroatoms. The van der Waals surface area contributed by atoms with Crippen molar-refractivity contribution in [3.63, 3.8) is 0 Å². The van der Waals surface area contributed by atoms with Crippen molar-refractivity contribution in [1.82, 2.24) is 4.90 Å². The molecule has 0 spiro atoms. The topological polar surface area (TPSA) is 49.8 Å². The molecule has 0 aliphatic carbocycles. The van der Waals surface area contributed by atoms with Crippen LogP contribution >= 0.6 is 0 Å². The zero-order valence-electron chi connectivity index (χ0n) is 9.43. The maximum atomic E-state index is 11.7. The van der Waals surface area contributed by atoms with Gasteiger partial charge in [0.25, 0.3) is 0 Å². The van der Waals surface area contributed by atoms with Gasteiger partial charge in [0.2, 0.25) is 0 Å². The first-order chi connectivity index (χ1) is 7.63. The summed E-state index contributed by atoms with van der Waals surface area (Å²) in [5, 5.41) is 9.67. The molecule has 0 saturated carbocycles. The zero-order valence-corrected chi connectivity index (χ0v) is 9.43. The van der Waals surface area contributed by atoms with Gasteiger partial charge < -0.3 is 9.84 Å². The Morgan fingerprint density at radius 2 is 2.25 bits per heavy atom. The van der Waals surface area contributed by atoms with Gasteiger partial charge in [0.05, 0.1) is 13.2 Å². The molecule has 0 aromatic heterocycles. The lowest BCUT2D eigenvalue weighted by atomic mass is 10.0. The third kappa shape index (κ3) is 1.76. The molecule has 86 valence electrons. The van der Waals surface area contributed by atoms with E-state index in [1.807, 2.05) is 18.0 Å². The maximum Gasteiger partial charge on any atom is 0.160 e. The minimum atomic E-state index is -0.225. The van der Waals surface area contributed by atoms with Gasteiger partial charge in [-0.15, -0.1) is 0 Å². The first-order valence-electron chi connectivity index (χ1n) is 5.23. The largest absolute Gasteiger partial charge is 0.504 e. The predicted octanol–water partition coefficient (Wildman–Crippen LogP) is 1.35. The van der Waals surface area contributed by atoms with Gasteiger partial charge in [-0.05, 0) is 24.7 Å². The van der Waals surface area contributed by atoms with E-state index in [9.17, 15) is 9.90 Å². The first kappa shape index (κ1) is 11.0.